The van der Waals surface area contributed by atoms with Gasteiger partial charge >= 0.3 is 0 Å². The van der Waals surface area contributed by atoms with E-state index in [0.717, 1.165) is 22.1 Å². The lowest BCUT2D eigenvalue weighted by Gasteiger charge is -2.09. The van der Waals surface area contributed by atoms with Gasteiger partial charge < -0.3 is 8.98 Å². The maximum absolute atomic E-state index is 12.8. The molecule has 6 nitrogen and oxygen atoms in total. The minimum absolute atomic E-state index is 0.185. The van der Waals surface area contributed by atoms with Gasteiger partial charge in [0.15, 0.2) is 5.13 Å². The van der Waals surface area contributed by atoms with Crippen LogP contribution in [-0.2, 0) is 12.2 Å². The molecule has 4 aromatic rings. The van der Waals surface area contributed by atoms with Crippen LogP contribution in [0.15, 0.2) is 69.8 Å². The third-order valence-corrected chi connectivity index (χ3v) is 6.12. The lowest BCUT2D eigenvalue weighted by Crippen LogP contribution is -2.14. The number of thiazole rings is 1. The summed E-state index contributed by atoms with van der Waals surface area (Å²) in [6, 6.07) is 11.3. The van der Waals surface area contributed by atoms with Crippen LogP contribution in [-0.4, -0.2) is 20.4 Å². The van der Waals surface area contributed by atoms with Crippen molar-refractivity contribution in [2.24, 2.45) is 0 Å². The van der Waals surface area contributed by atoms with E-state index in [9.17, 15) is 4.79 Å². The topological polar surface area (TPSA) is 73.0 Å². The maximum Gasteiger partial charge on any atom is 0.259 e. The normalized spacial score (nSPS) is 10.9. The number of amides is 1. The first-order chi connectivity index (χ1) is 13.7. The first-order valence-electron chi connectivity index (χ1n) is 8.79. The minimum atomic E-state index is -0.185. The highest BCUT2D eigenvalue weighted by Gasteiger charge is 2.14. The van der Waals surface area contributed by atoms with Crippen molar-refractivity contribution in [3.05, 3.63) is 78.4 Å². The van der Waals surface area contributed by atoms with E-state index in [2.05, 4.69) is 15.3 Å². The number of benzene rings is 1. The highest BCUT2D eigenvalue weighted by atomic mass is 32.2. The van der Waals surface area contributed by atoms with Crippen molar-refractivity contribution < 1.29 is 9.21 Å². The highest BCUT2D eigenvalue weighted by Crippen LogP contribution is 2.31. The van der Waals surface area contributed by atoms with Gasteiger partial charge in [-0.2, -0.15) is 0 Å². The van der Waals surface area contributed by atoms with E-state index in [1.807, 2.05) is 60.3 Å². The van der Waals surface area contributed by atoms with Crippen LogP contribution in [0.1, 0.15) is 28.9 Å². The zero-order valence-corrected chi connectivity index (χ0v) is 16.8. The number of carbonyl (C=O) groups excluding carboxylic acids is 1. The average Bonchev–Trinajstić information content (AvgIpc) is 3.48. The number of nitrogens with one attached hydrogen (secondary N) is 1. The van der Waals surface area contributed by atoms with Gasteiger partial charge in [0.2, 0.25) is 5.89 Å². The molecule has 28 heavy (non-hydrogen) atoms. The molecule has 0 atom stereocenters. The van der Waals surface area contributed by atoms with Crippen molar-refractivity contribution >= 4 is 34.1 Å². The Morgan fingerprint density at radius 2 is 2.00 bits per heavy atom. The second-order valence-electron chi connectivity index (χ2n) is 5.91. The molecule has 0 saturated carbocycles. The van der Waals surface area contributed by atoms with E-state index in [1.165, 1.54) is 11.3 Å². The molecule has 0 fully saturated rings. The Morgan fingerprint density at radius 3 is 2.79 bits per heavy atom. The Kier molecular flexibility index (Phi) is 5.59. The van der Waals surface area contributed by atoms with Crippen LogP contribution in [0.2, 0.25) is 0 Å². The van der Waals surface area contributed by atoms with E-state index < -0.39 is 0 Å². The molecule has 0 spiro atoms. The minimum Gasteiger partial charge on any atom is -0.445 e. The predicted molar refractivity (Wildman–Crippen MR) is 111 cm³/mol. The molecule has 3 heterocycles. The lowest BCUT2D eigenvalue weighted by molar-refractivity contribution is 0.102. The van der Waals surface area contributed by atoms with E-state index in [-0.39, 0.29) is 5.91 Å². The molecule has 1 N–H and O–H groups in total. The van der Waals surface area contributed by atoms with Crippen LogP contribution in [0, 0.1) is 0 Å². The van der Waals surface area contributed by atoms with Crippen LogP contribution < -0.4 is 5.32 Å². The van der Waals surface area contributed by atoms with Gasteiger partial charge in [0.1, 0.15) is 5.76 Å². The van der Waals surface area contributed by atoms with Gasteiger partial charge in [-0.05, 0) is 24.3 Å². The summed E-state index contributed by atoms with van der Waals surface area (Å²) in [4.78, 5) is 21.3. The van der Waals surface area contributed by atoms with E-state index >= 15 is 0 Å². The third-order valence-electron chi connectivity index (χ3n) is 4.02. The van der Waals surface area contributed by atoms with E-state index in [0.29, 0.717) is 22.3 Å². The summed E-state index contributed by atoms with van der Waals surface area (Å²) in [7, 11) is 0. The number of hydrogen-bond acceptors (Lipinski definition) is 6. The summed E-state index contributed by atoms with van der Waals surface area (Å²) in [5, 5.41) is 3.46. The molecular weight excluding hydrogens is 392 g/mol. The van der Waals surface area contributed by atoms with Crippen molar-refractivity contribution in [2.75, 3.05) is 5.32 Å². The Hall–Kier alpha value is -2.84. The molecule has 0 aliphatic carbocycles. The summed E-state index contributed by atoms with van der Waals surface area (Å²) in [6.07, 6.45) is 8.18. The Balaban J connectivity index is 1.42. The molecule has 4 rings (SSSR count). The molecule has 0 aliphatic heterocycles. The lowest BCUT2D eigenvalue weighted by atomic mass is 10.1. The number of anilines is 1. The van der Waals surface area contributed by atoms with Gasteiger partial charge in [0, 0.05) is 18.8 Å². The van der Waals surface area contributed by atoms with Crippen molar-refractivity contribution in [1.82, 2.24) is 14.5 Å². The molecule has 142 valence electrons. The monoisotopic (exact) mass is 410 g/mol. The number of oxazole rings is 1. The Bertz CT molecular complexity index is 1070. The summed E-state index contributed by atoms with van der Waals surface area (Å²) < 4.78 is 8.52. The number of nitrogens with zero attached hydrogens (tertiary/aromatic N) is 3. The van der Waals surface area contributed by atoms with Gasteiger partial charge in [-0.15, -0.1) is 11.8 Å². The molecule has 0 bridgehead atoms. The van der Waals surface area contributed by atoms with Gasteiger partial charge in [0.05, 0.1) is 33.6 Å². The number of carbonyl (C=O) groups is 1. The quantitative estimate of drug-likeness (QED) is 0.433. The number of thioether (sulfide) groups is 1. The fourth-order valence-corrected chi connectivity index (χ4v) is 4.37. The fourth-order valence-electron chi connectivity index (χ4n) is 2.65. The number of para-hydroxylation sites is 1. The molecule has 8 heteroatoms. The third kappa shape index (κ3) is 4.18. The second-order valence-corrected chi connectivity index (χ2v) is 8.21. The fraction of sp³-hybridized carbons (Fsp3) is 0.150. The predicted octanol–water partition coefficient (Wildman–Crippen LogP) is 5.03. The molecule has 0 radical (unpaired) electrons. The number of hydrogen-bond donors (Lipinski definition) is 1. The van der Waals surface area contributed by atoms with E-state index in [4.69, 9.17) is 4.42 Å². The molecule has 0 saturated heterocycles. The summed E-state index contributed by atoms with van der Waals surface area (Å²) >= 11 is 3.02. The van der Waals surface area contributed by atoms with Crippen LogP contribution in [0.3, 0.4) is 0 Å². The number of aromatic nitrogens is 3. The first-order valence-corrected chi connectivity index (χ1v) is 10.6. The van der Waals surface area contributed by atoms with Gasteiger partial charge in [-0.3, -0.25) is 10.1 Å². The van der Waals surface area contributed by atoms with Crippen LogP contribution in [0.25, 0.3) is 5.69 Å². The molecule has 0 aliphatic rings. The first kappa shape index (κ1) is 18.5. The molecule has 1 amide bonds. The van der Waals surface area contributed by atoms with E-state index in [1.54, 1.807) is 24.2 Å². The Morgan fingerprint density at radius 1 is 1.18 bits per heavy atom. The summed E-state index contributed by atoms with van der Waals surface area (Å²) in [5.41, 5.74) is 1.42. The summed E-state index contributed by atoms with van der Waals surface area (Å²) in [6.45, 7) is 2.03. The van der Waals surface area contributed by atoms with Crippen molar-refractivity contribution in [3.63, 3.8) is 0 Å². The zero-order chi connectivity index (χ0) is 19.3. The van der Waals surface area contributed by atoms with Gasteiger partial charge in [-0.1, -0.05) is 30.4 Å². The molecule has 1 aromatic carbocycles. The average molecular weight is 411 g/mol. The van der Waals surface area contributed by atoms with Crippen molar-refractivity contribution in [3.8, 4) is 5.69 Å². The molecule has 3 aromatic heterocycles. The summed E-state index contributed by atoms with van der Waals surface area (Å²) in [5.74, 6) is 2.03. The SMILES string of the molecule is CCc1cnc(CSc2cnc(NC(=O)c3ccccc3-n3cccc3)s2)o1. The Labute approximate surface area is 170 Å². The highest BCUT2D eigenvalue weighted by molar-refractivity contribution is 8.00. The maximum atomic E-state index is 12.8. The van der Waals surface area contributed by atoms with Gasteiger partial charge in [-0.25, -0.2) is 9.97 Å². The van der Waals surface area contributed by atoms with Crippen LogP contribution in [0.5, 0.6) is 0 Å². The molecular formula is C20H18N4O2S2. The molecule has 0 unspecified atom stereocenters. The smallest absolute Gasteiger partial charge is 0.259 e. The van der Waals surface area contributed by atoms with Crippen LogP contribution >= 0.6 is 23.1 Å². The largest absolute Gasteiger partial charge is 0.445 e. The number of aryl methyl sites for hydroxylation is 1. The second kappa shape index (κ2) is 8.45. The number of rotatable bonds is 7. The van der Waals surface area contributed by atoms with Crippen LogP contribution in [0.4, 0.5) is 5.13 Å². The van der Waals surface area contributed by atoms with Crippen molar-refractivity contribution in [2.45, 2.75) is 23.3 Å². The van der Waals surface area contributed by atoms with Crippen molar-refractivity contribution in [1.29, 1.82) is 0 Å². The standard InChI is InChI=1S/C20H18N4O2S2/c1-2-14-11-21-17(26-14)13-27-18-12-22-20(28-18)23-19(25)15-7-3-4-8-16(15)24-9-5-6-10-24/h3-12H,2,13H2,1H3,(H,22,23,25). The zero-order valence-electron chi connectivity index (χ0n) is 15.2. The van der Waals surface area contributed by atoms with Gasteiger partial charge in [0.25, 0.3) is 5.91 Å².